The maximum Gasteiger partial charge on any atom is 0.243 e. The minimum atomic E-state index is -0.0296. The second-order valence-electron chi connectivity index (χ2n) is 8.96. The lowest BCUT2D eigenvalue weighted by Crippen LogP contribution is -2.51. The van der Waals surface area contributed by atoms with Crippen LogP contribution >= 0.6 is 0 Å². The number of piperidine rings is 1. The summed E-state index contributed by atoms with van der Waals surface area (Å²) in [5.41, 5.74) is 1.34. The predicted octanol–water partition coefficient (Wildman–Crippen LogP) is 1.29. The normalized spacial score (nSPS) is 20.3. The Hall–Kier alpha value is -2.61. The predicted molar refractivity (Wildman–Crippen MR) is 127 cm³/mol. The van der Waals surface area contributed by atoms with Crippen LogP contribution in [0.4, 0.5) is 0 Å². The summed E-state index contributed by atoms with van der Waals surface area (Å²) in [5.74, 6) is 0.838. The zero-order chi connectivity index (χ0) is 22.9. The fourth-order valence-corrected chi connectivity index (χ4v) is 4.21. The van der Waals surface area contributed by atoms with E-state index in [-0.39, 0.29) is 24.4 Å². The van der Waals surface area contributed by atoms with E-state index in [1.54, 1.807) is 19.0 Å². The Balaban J connectivity index is 1.54. The van der Waals surface area contributed by atoms with Crippen molar-refractivity contribution in [3.05, 3.63) is 35.9 Å². The van der Waals surface area contributed by atoms with E-state index in [4.69, 9.17) is 0 Å². The lowest BCUT2D eigenvalue weighted by Gasteiger charge is -2.33. The highest BCUT2D eigenvalue weighted by atomic mass is 16.2. The number of likely N-dealkylation sites (tertiary alicyclic amines) is 2. The van der Waals surface area contributed by atoms with Gasteiger partial charge in [0.15, 0.2) is 5.96 Å². The number of nitrogens with zero attached hydrogens (tertiary/aromatic N) is 4. The third kappa shape index (κ3) is 7.22. The number of hydrogen-bond donors (Lipinski definition) is 2. The average Bonchev–Trinajstić information content (AvgIpc) is 3.27. The van der Waals surface area contributed by atoms with Crippen LogP contribution in [0.5, 0.6) is 0 Å². The van der Waals surface area contributed by atoms with E-state index < -0.39 is 0 Å². The lowest BCUT2D eigenvalue weighted by atomic mass is 10.0. The first-order valence-corrected chi connectivity index (χ1v) is 11.8. The third-order valence-electron chi connectivity index (χ3n) is 6.23. The Morgan fingerprint density at radius 3 is 2.34 bits per heavy atom. The summed E-state index contributed by atoms with van der Waals surface area (Å²) in [6.45, 7) is 6.50. The largest absolute Gasteiger partial charge is 0.354 e. The minimum absolute atomic E-state index is 0.0296. The first-order chi connectivity index (χ1) is 15.4. The maximum absolute atomic E-state index is 12.1. The Bertz CT molecular complexity index is 774. The first-order valence-electron chi connectivity index (χ1n) is 11.8. The number of hydrogen-bond acceptors (Lipinski definition) is 4. The highest BCUT2D eigenvalue weighted by Crippen LogP contribution is 2.15. The molecule has 0 bridgehead atoms. The molecule has 2 amide bonds. The highest BCUT2D eigenvalue weighted by molar-refractivity contribution is 5.85. The first kappa shape index (κ1) is 24.0. The molecule has 8 nitrogen and oxygen atoms in total. The van der Waals surface area contributed by atoms with E-state index >= 15 is 0 Å². The van der Waals surface area contributed by atoms with Crippen LogP contribution in [0.25, 0.3) is 0 Å². The van der Waals surface area contributed by atoms with Crippen molar-refractivity contribution in [1.82, 2.24) is 25.3 Å². The fourth-order valence-electron chi connectivity index (χ4n) is 4.21. The molecule has 1 aromatic rings. The Morgan fingerprint density at radius 2 is 1.69 bits per heavy atom. The summed E-state index contributed by atoms with van der Waals surface area (Å²) in [6, 6.07) is 11.1. The average molecular weight is 443 g/mol. The van der Waals surface area contributed by atoms with Gasteiger partial charge < -0.3 is 20.4 Å². The van der Waals surface area contributed by atoms with Crippen LogP contribution in [0.15, 0.2) is 35.3 Å². The van der Waals surface area contributed by atoms with Gasteiger partial charge in [0.25, 0.3) is 0 Å². The van der Waals surface area contributed by atoms with Crippen LogP contribution in [0.3, 0.4) is 0 Å². The van der Waals surface area contributed by atoms with Crippen LogP contribution in [0.1, 0.15) is 38.2 Å². The van der Waals surface area contributed by atoms with Crippen molar-refractivity contribution in [2.45, 2.75) is 51.2 Å². The van der Waals surface area contributed by atoms with E-state index in [0.29, 0.717) is 25.0 Å². The van der Waals surface area contributed by atoms with E-state index in [0.717, 1.165) is 45.4 Å². The second-order valence-corrected chi connectivity index (χ2v) is 8.96. The third-order valence-corrected chi connectivity index (χ3v) is 6.23. The van der Waals surface area contributed by atoms with Gasteiger partial charge in [0.1, 0.15) is 6.54 Å². The second kappa shape index (κ2) is 11.9. The van der Waals surface area contributed by atoms with Crippen molar-refractivity contribution in [2.24, 2.45) is 4.99 Å². The van der Waals surface area contributed by atoms with Gasteiger partial charge in [0.2, 0.25) is 11.8 Å². The quantitative estimate of drug-likeness (QED) is 0.491. The van der Waals surface area contributed by atoms with Crippen LogP contribution < -0.4 is 10.6 Å². The number of carbonyl (C=O) groups is 2. The highest BCUT2D eigenvalue weighted by Gasteiger charge is 2.27. The van der Waals surface area contributed by atoms with Crippen LogP contribution in [0.2, 0.25) is 0 Å². The van der Waals surface area contributed by atoms with Gasteiger partial charge in [0, 0.05) is 65.3 Å². The molecule has 2 aliphatic heterocycles. The van der Waals surface area contributed by atoms with Gasteiger partial charge in [-0.2, -0.15) is 0 Å². The summed E-state index contributed by atoms with van der Waals surface area (Å²) in [6.07, 6.45) is 3.48. The molecule has 2 saturated heterocycles. The van der Waals surface area contributed by atoms with Crippen molar-refractivity contribution in [3.63, 3.8) is 0 Å². The molecule has 2 heterocycles. The standard InChI is InChI=1S/C24H38N6O2/c1-4-22(31)30-15-12-21(18-30)27-24(25-16-23(32)28(2)3)26-20-10-13-29(14-11-20)17-19-8-6-5-7-9-19/h5-9,20-21H,4,10-18H2,1-3H3,(H2,25,26,27). The summed E-state index contributed by atoms with van der Waals surface area (Å²) in [5, 5.41) is 7.04. The van der Waals surface area contributed by atoms with Gasteiger partial charge in [-0.1, -0.05) is 37.3 Å². The van der Waals surface area contributed by atoms with Gasteiger partial charge in [-0.15, -0.1) is 0 Å². The number of amides is 2. The van der Waals surface area contributed by atoms with Crippen LogP contribution in [-0.4, -0.2) is 91.4 Å². The van der Waals surface area contributed by atoms with Gasteiger partial charge in [-0.25, -0.2) is 4.99 Å². The number of nitrogens with one attached hydrogen (secondary N) is 2. The minimum Gasteiger partial charge on any atom is -0.354 e. The van der Waals surface area contributed by atoms with Gasteiger partial charge in [-0.05, 0) is 24.8 Å². The summed E-state index contributed by atoms with van der Waals surface area (Å²) in [4.78, 5) is 34.6. The summed E-state index contributed by atoms with van der Waals surface area (Å²) >= 11 is 0. The molecule has 8 heteroatoms. The Labute approximate surface area is 192 Å². The molecule has 0 saturated carbocycles. The number of aliphatic imine (C=N–C) groups is 1. The molecule has 3 rings (SSSR count). The molecule has 0 radical (unpaired) electrons. The molecule has 2 aliphatic rings. The van der Waals surface area contributed by atoms with Crippen LogP contribution in [-0.2, 0) is 16.1 Å². The molecular weight excluding hydrogens is 404 g/mol. The summed E-state index contributed by atoms with van der Waals surface area (Å²) < 4.78 is 0. The van der Waals surface area contributed by atoms with Crippen molar-refractivity contribution in [1.29, 1.82) is 0 Å². The molecule has 0 aromatic heterocycles. The number of rotatable bonds is 7. The van der Waals surface area contributed by atoms with E-state index in [1.165, 1.54) is 5.56 Å². The van der Waals surface area contributed by atoms with Gasteiger partial charge >= 0.3 is 0 Å². The van der Waals surface area contributed by atoms with Crippen molar-refractivity contribution in [3.8, 4) is 0 Å². The molecule has 2 fully saturated rings. The van der Waals surface area contributed by atoms with E-state index in [2.05, 4.69) is 50.9 Å². The Kier molecular flexibility index (Phi) is 8.90. The van der Waals surface area contributed by atoms with E-state index in [1.807, 2.05) is 11.8 Å². The number of likely N-dealkylation sites (N-methyl/N-ethyl adjacent to an activating group) is 1. The maximum atomic E-state index is 12.1. The smallest absolute Gasteiger partial charge is 0.243 e. The van der Waals surface area contributed by atoms with Crippen molar-refractivity contribution >= 4 is 17.8 Å². The molecular formula is C24H38N6O2. The van der Waals surface area contributed by atoms with Crippen molar-refractivity contribution in [2.75, 3.05) is 46.8 Å². The molecule has 1 aromatic carbocycles. The number of carbonyl (C=O) groups excluding carboxylic acids is 2. The monoisotopic (exact) mass is 442 g/mol. The SMILES string of the molecule is CCC(=O)N1CCC(NC(=NCC(=O)N(C)C)NC2CCN(Cc3ccccc3)CC2)C1. The lowest BCUT2D eigenvalue weighted by molar-refractivity contribution is -0.130. The van der Waals surface area contributed by atoms with Crippen LogP contribution in [0, 0.1) is 0 Å². The van der Waals surface area contributed by atoms with E-state index in [9.17, 15) is 9.59 Å². The van der Waals surface area contributed by atoms with Gasteiger partial charge in [-0.3, -0.25) is 14.5 Å². The Morgan fingerprint density at radius 1 is 1.03 bits per heavy atom. The molecule has 0 spiro atoms. The molecule has 32 heavy (non-hydrogen) atoms. The zero-order valence-electron chi connectivity index (χ0n) is 19.7. The topological polar surface area (TPSA) is 80.3 Å². The molecule has 0 aliphatic carbocycles. The number of benzene rings is 1. The van der Waals surface area contributed by atoms with Crippen molar-refractivity contribution < 1.29 is 9.59 Å². The van der Waals surface area contributed by atoms with Gasteiger partial charge in [0.05, 0.1) is 0 Å². The molecule has 1 atom stereocenters. The molecule has 2 N–H and O–H groups in total. The zero-order valence-corrected chi connectivity index (χ0v) is 19.7. The number of guanidine groups is 1. The summed E-state index contributed by atoms with van der Waals surface area (Å²) in [7, 11) is 3.48. The molecule has 1 unspecified atom stereocenters. The molecule has 176 valence electrons. The fraction of sp³-hybridized carbons (Fsp3) is 0.625.